The summed E-state index contributed by atoms with van der Waals surface area (Å²) < 4.78 is 1.70. The van der Waals surface area contributed by atoms with Gasteiger partial charge in [0.25, 0.3) is 5.91 Å². The summed E-state index contributed by atoms with van der Waals surface area (Å²) in [5.74, 6) is 0.806. The zero-order chi connectivity index (χ0) is 15.9. The molecule has 0 aromatic carbocycles. The fourth-order valence-electron chi connectivity index (χ4n) is 2.26. The second-order valence-electron chi connectivity index (χ2n) is 5.29. The molecule has 0 spiro atoms. The number of pyridine rings is 1. The molecule has 0 aliphatic heterocycles. The highest BCUT2D eigenvalue weighted by atomic mass is 16.3. The molecule has 0 fully saturated rings. The molecule has 2 aromatic heterocycles. The van der Waals surface area contributed by atoms with E-state index >= 15 is 0 Å². The lowest BCUT2D eigenvalue weighted by atomic mass is 10.1. The lowest BCUT2D eigenvalue weighted by molar-refractivity contribution is 0.0944. The van der Waals surface area contributed by atoms with Crippen molar-refractivity contribution in [1.29, 1.82) is 0 Å². The van der Waals surface area contributed by atoms with Crippen LogP contribution in [0.3, 0.4) is 0 Å². The summed E-state index contributed by atoms with van der Waals surface area (Å²) in [4.78, 5) is 16.6. The van der Waals surface area contributed by atoms with Gasteiger partial charge < -0.3 is 10.4 Å². The third-order valence-electron chi connectivity index (χ3n) is 3.55. The minimum absolute atomic E-state index is 0.134. The van der Waals surface area contributed by atoms with Gasteiger partial charge in [-0.15, -0.1) is 0 Å². The van der Waals surface area contributed by atoms with E-state index < -0.39 is 0 Å². The third-order valence-corrected chi connectivity index (χ3v) is 3.55. The van der Waals surface area contributed by atoms with Gasteiger partial charge >= 0.3 is 0 Å². The van der Waals surface area contributed by atoms with Crippen molar-refractivity contribution in [3.8, 4) is 5.82 Å². The van der Waals surface area contributed by atoms with E-state index in [1.54, 1.807) is 17.1 Å². The normalized spacial score (nSPS) is 12.1. The topological polar surface area (TPSA) is 80.0 Å². The third kappa shape index (κ3) is 3.71. The Morgan fingerprint density at radius 1 is 1.45 bits per heavy atom. The molecule has 2 heterocycles. The molecule has 0 aliphatic rings. The Bertz CT molecular complexity index is 610. The molecule has 0 aliphatic carbocycles. The molecule has 0 bridgehead atoms. The lowest BCUT2D eigenvalue weighted by Crippen LogP contribution is -2.29. The second-order valence-corrected chi connectivity index (χ2v) is 5.29. The molecular formula is C16H22N4O2. The van der Waals surface area contributed by atoms with Gasteiger partial charge in [-0.3, -0.25) is 4.79 Å². The van der Waals surface area contributed by atoms with Crippen molar-refractivity contribution < 1.29 is 9.90 Å². The number of nitrogens with zero attached hydrogens (tertiary/aromatic N) is 3. The number of nitrogens with one attached hydrogen (secondary N) is 1. The van der Waals surface area contributed by atoms with Crippen molar-refractivity contribution in [2.45, 2.75) is 26.7 Å². The predicted octanol–water partition coefficient (Wildman–Crippen LogP) is 1.58. The molecule has 0 saturated heterocycles. The van der Waals surface area contributed by atoms with Crippen LogP contribution in [0.1, 0.15) is 36.3 Å². The molecular weight excluding hydrogens is 280 g/mol. The highest BCUT2D eigenvalue weighted by molar-refractivity contribution is 5.95. The number of aliphatic hydroxyl groups excluding tert-OH is 1. The zero-order valence-corrected chi connectivity index (χ0v) is 13.0. The SMILES string of the molecule is CCc1c(C(=O)NCC(C)CCO)cnn1-c1ccccn1. The fourth-order valence-corrected chi connectivity index (χ4v) is 2.26. The number of aliphatic hydroxyl groups is 1. The maximum absolute atomic E-state index is 12.3. The van der Waals surface area contributed by atoms with Gasteiger partial charge in [0.15, 0.2) is 5.82 Å². The number of hydrogen-bond acceptors (Lipinski definition) is 4. The lowest BCUT2D eigenvalue weighted by Gasteiger charge is -2.11. The maximum Gasteiger partial charge on any atom is 0.254 e. The second kappa shape index (κ2) is 7.70. The number of carbonyl (C=O) groups excluding carboxylic acids is 1. The first kappa shape index (κ1) is 16.2. The number of carbonyl (C=O) groups is 1. The van der Waals surface area contributed by atoms with E-state index in [1.165, 1.54) is 0 Å². The van der Waals surface area contributed by atoms with E-state index in [4.69, 9.17) is 5.11 Å². The first-order valence-corrected chi connectivity index (χ1v) is 7.54. The molecule has 0 saturated carbocycles. The highest BCUT2D eigenvalue weighted by Crippen LogP contribution is 2.14. The monoisotopic (exact) mass is 302 g/mol. The van der Waals surface area contributed by atoms with Gasteiger partial charge in [-0.2, -0.15) is 5.10 Å². The van der Waals surface area contributed by atoms with Crippen LogP contribution in [0.5, 0.6) is 0 Å². The number of amides is 1. The molecule has 1 unspecified atom stereocenters. The van der Waals surface area contributed by atoms with Gasteiger partial charge in [0.1, 0.15) is 0 Å². The van der Waals surface area contributed by atoms with Crippen LogP contribution in [0.25, 0.3) is 5.82 Å². The van der Waals surface area contributed by atoms with Crippen LogP contribution in [-0.2, 0) is 6.42 Å². The molecule has 2 rings (SSSR count). The standard InChI is InChI=1S/C16H22N4O2/c1-3-14-13(16(22)18-10-12(2)7-9-21)11-19-20(14)15-6-4-5-8-17-15/h4-6,8,11-12,21H,3,7,9-10H2,1-2H3,(H,18,22). The molecule has 2 aromatic rings. The molecule has 22 heavy (non-hydrogen) atoms. The molecule has 118 valence electrons. The average molecular weight is 302 g/mol. The summed E-state index contributed by atoms with van der Waals surface area (Å²) in [6, 6.07) is 5.59. The van der Waals surface area contributed by atoms with Gasteiger partial charge in [0.2, 0.25) is 0 Å². The van der Waals surface area contributed by atoms with E-state index in [2.05, 4.69) is 15.4 Å². The Balaban J connectivity index is 2.15. The zero-order valence-electron chi connectivity index (χ0n) is 13.0. The Kier molecular flexibility index (Phi) is 5.66. The van der Waals surface area contributed by atoms with Crippen molar-refractivity contribution in [3.05, 3.63) is 41.9 Å². The Hall–Kier alpha value is -2.21. The largest absolute Gasteiger partial charge is 0.396 e. The van der Waals surface area contributed by atoms with Crippen molar-refractivity contribution in [2.75, 3.05) is 13.2 Å². The first-order chi connectivity index (χ1) is 10.7. The van der Waals surface area contributed by atoms with E-state index in [0.717, 1.165) is 5.69 Å². The van der Waals surface area contributed by atoms with Crippen molar-refractivity contribution in [2.24, 2.45) is 5.92 Å². The van der Waals surface area contributed by atoms with Gasteiger partial charge in [-0.25, -0.2) is 9.67 Å². The van der Waals surface area contributed by atoms with Crippen LogP contribution in [0.2, 0.25) is 0 Å². The minimum Gasteiger partial charge on any atom is -0.396 e. The van der Waals surface area contributed by atoms with Crippen LogP contribution in [0.15, 0.2) is 30.6 Å². The summed E-state index contributed by atoms with van der Waals surface area (Å²) in [6.45, 7) is 4.66. The predicted molar refractivity (Wildman–Crippen MR) is 83.9 cm³/mol. The number of rotatable bonds is 7. The van der Waals surface area contributed by atoms with Crippen LogP contribution < -0.4 is 5.32 Å². The molecule has 6 nitrogen and oxygen atoms in total. The van der Waals surface area contributed by atoms with Crippen LogP contribution >= 0.6 is 0 Å². The number of aromatic nitrogens is 3. The van der Waals surface area contributed by atoms with E-state index in [1.807, 2.05) is 32.0 Å². The van der Waals surface area contributed by atoms with Crippen LogP contribution in [0, 0.1) is 5.92 Å². The van der Waals surface area contributed by atoms with E-state index in [-0.39, 0.29) is 18.4 Å². The Labute approximate surface area is 130 Å². The van der Waals surface area contributed by atoms with Crippen LogP contribution in [0.4, 0.5) is 0 Å². The Morgan fingerprint density at radius 3 is 2.91 bits per heavy atom. The van der Waals surface area contributed by atoms with Crippen LogP contribution in [-0.4, -0.2) is 38.9 Å². The van der Waals surface area contributed by atoms with Crippen molar-refractivity contribution >= 4 is 5.91 Å². The van der Waals surface area contributed by atoms with Crippen molar-refractivity contribution in [3.63, 3.8) is 0 Å². The fraction of sp³-hybridized carbons (Fsp3) is 0.438. The van der Waals surface area contributed by atoms with Crippen molar-refractivity contribution in [1.82, 2.24) is 20.1 Å². The van der Waals surface area contributed by atoms with Gasteiger partial charge in [0, 0.05) is 19.3 Å². The summed E-state index contributed by atoms with van der Waals surface area (Å²) in [7, 11) is 0. The average Bonchev–Trinajstić information content (AvgIpc) is 2.97. The smallest absolute Gasteiger partial charge is 0.254 e. The summed E-state index contributed by atoms with van der Waals surface area (Å²) >= 11 is 0. The summed E-state index contributed by atoms with van der Waals surface area (Å²) in [5.41, 5.74) is 1.41. The molecule has 1 atom stereocenters. The highest BCUT2D eigenvalue weighted by Gasteiger charge is 2.17. The summed E-state index contributed by atoms with van der Waals surface area (Å²) in [5, 5.41) is 16.1. The van der Waals surface area contributed by atoms with E-state index in [9.17, 15) is 4.79 Å². The quantitative estimate of drug-likeness (QED) is 0.814. The van der Waals surface area contributed by atoms with Gasteiger partial charge in [0.05, 0.1) is 17.5 Å². The van der Waals surface area contributed by atoms with Gasteiger partial charge in [-0.05, 0) is 30.9 Å². The minimum atomic E-state index is -0.135. The van der Waals surface area contributed by atoms with E-state index in [0.29, 0.717) is 30.8 Å². The summed E-state index contributed by atoms with van der Waals surface area (Å²) in [6.07, 6.45) is 4.64. The molecule has 1 amide bonds. The van der Waals surface area contributed by atoms with Gasteiger partial charge in [-0.1, -0.05) is 19.9 Å². The maximum atomic E-state index is 12.3. The molecule has 0 radical (unpaired) electrons. The first-order valence-electron chi connectivity index (χ1n) is 7.54. The molecule has 6 heteroatoms. The molecule has 2 N–H and O–H groups in total. The number of hydrogen-bond donors (Lipinski definition) is 2. The Morgan fingerprint density at radius 2 is 2.27 bits per heavy atom.